The number of aryl methyl sites for hydroxylation is 1. The first-order valence-corrected chi connectivity index (χ1v) is 9.36. The van der Waals surface area contributed by atoms with Gasteiger partial charge in [-0.2, -0.15) is 0 Å². The van der Waals surface area contributed by atoms with Crippen molar-refractivity contribution in [3.8, 4) is 0 Å². The van der Waals surface area contributed by atoms with Crippen molar-refractivity contribution in [3.63, 3.8) is 0 Å². The molecule has 0 unspecified atom stereocenters. The molecule has 0 aromatic carbocycles. The van der Waals surface area contributed by atoms with Crippen molar-refractivity contribution in [2.45, 2.75) is 69.7 Å². The molecule has 0 spiro atoms. The predicted octanol–water partition coefficient (Wildman–Crippen LogP) is 0.791. The summed E-state index contributed by atoms with van der Waals surface area (Å²) in [6.07, 6.45) is 4.66. The number of nitrogens with zero attached hydrogens (tertiary/aromatic N) is 1. The lowest BCUT2D eigenvalue weighted by Crippen LogP contribution is -2.38. The SMILES string of the molecule is COC1(OCOC[C@H]2O[C@@H](n3cc(C)c(=O)[nH]c3=O)C[C@H]2O)CCCCC1. The minimum Gasteiger partial charge on any atom is -0.390 e. The zero-order valence-corrected chi connectivity index (χ0v) is 15.8. The van der Waals surface area contributed by atoms with Crippen LogP contribution in [0.3, 0.4) is 0 Å². The van der Waals surface area contributed by atoms with Crippen LogP contribution >= 0.6 is 0 Å². The van der Waals surface area contributed by atoms with Crippen LogP contribution in [0, 0.1) is 6.92 Å². The Morgan fingerprint density at radius 3 is 2.78 bits per heavy atom. The maximum absolute atomic E-state index is 12.0. The molecular formula is C18H28N2O7. The number of hydrogen-bond acceptors (Lipinski definition) is 7. The van der Waals surface area contributed by atoms with E-state index in [1.54, 1.807) is 14.0 Å². The van der Waals surface area contributed by atoms with Gasteiger partial charge in [0.1, 0.15) is 19.1 Å². The molecule has 0 radical (unpaired) electrons. The number of H-pyrrole nitrogens is 1. The Morgan fingerprint density at radius 1 is 1.33 bits per heavy atom. The molecule has 0 amide bonds. The Labute approximate surface area is 157 Å². The molecule has 1 saturated heterocycles. The van der Waals surface area contributed by atoms with E-state index in [2.05, 4.69) is 4.98 Å². The van der Waals surface area contributed by atoms with Crippen molar-refractivity contribution in [3.05, 3.63) is 32.6 Å². The van der Waals surface area contributed by atoms with E-state index in [-0.39, 0.29) is 19.8 Å². The van der Waals surface area contributed by atoms with Gasteiger partial charge < -0.3 is 24.1 Å². The molecule has 0 bridgehead atoms. The van der Waals surface area contributed by atoms with Crippen LogP contribution in [0.15, 0.2) is 15.8 Å². The van der Waals surface area contributed by atoms with E-state index in [0.717, 1.165) is 25.7 Å². The van der Waals surface area contributed by atoms with E-state index < -0.39 is 35.5 Å². The van der Waals surface area contributed by atoms with Crippen LogP contribution in [0.1, 0.15) is 50.3 Å². The number of aliphatic hydroxyl groups is 1. The molecule has 3 rings (SSSR count). The number of aromatic nitrogens is 2. The molecule has 1 aliphatic heterocycles. The average molecular weight is 384 g/mol. The lowest BCUT2D eigenvalue weighted by molar-refractivity contribution is -0.277. The van der Waals surface area contributed by atoms with Crippen molar-refractivity contribution in [1.82, 2.24) is 9.55 Å². The highest BCUT2D eigenvalue weighted by Gasteiger charge is 2.36. The fourth-order valence-electron chi connectivity index (χ4n) is 3.65. The normalized spacial score (nSPS) is 27.7. The summed E-state index contributed by atoms with van der Waals surface area (Å²) in [5.74, 6) is -0.587. The summed E-state index contributed by atoms with van der Waals surface area (Å²) in [5.41, 5.74) is -0.591. The highest BCUT2D eigenvalue weighted by molar-refractivity contribution is 5.02. The van der Waals surface area contributed by atoms with Crippen LogP contribution in [0.4, 0.5) is 0 Å². The first-order chi connectivity index (χ1) is 12.9. The van der Waals surface area contributed by atoms with E-state index in [1.807, 2.05) is 0 Å². The predicted molar refractivity (Wildman–Crippen MR) is 95.3 cm³/mol. The van der Waals surface area contributed by atoms with Crippen molar-refractivity contribution in [2.75, 3.05) is 20.5 Å². The summed E-state index contributed by atoms with van der Waals surface area (Å²) in [5, 5.41) is 10.2. The molecule has 1 aliphatic carbocycles. The largest absolute Gasteiger partial charge is 0.390 e. The van der Waals surface area contributed by atoms with Crippen LogP contribution in [0.25, 0.3) is 0 Å². The number of hydrogen-bond donors (Lipinski definition) is 2. The second-order valence-corrected chi connectivity index (χ2v) is 7.22. The van der Waals surface area contributed by atoms with Crippen LogP contribution in [0.5, 0.6) is 0 Å². The summed E-state index contributed by atoms with van der Waals surface area (Å²) < 4.78 is 23.9. The second kappa shape index (κ2) is 8.66. The van der Waals surface area contributed by atoms with Crippen LogP contribution < -0.4 is 11.2 Å². The summed E-state index contributed by atoms with van der Waals surface area (Å²) >= 11 is 0. The zero-order valence-electron chi connectivity index (χ0n) is 15.8. The first-order valence-electron chi connectivity index (χ1n) is 9.36. The fraction of sp³-hybridized carbons (Fsp3) is 0.778. The molecule has 2 fully saturated rings. The molecule has 2 aliphatic rings. The molecule has 1 aromatic heterocycles. The van der Waals surface area contributed by atoms with Crippen molar-refractivity contribution < 1.29 is 24.1 Å². The van der Waals surface area contributed by atoms with Gasteiger partial charge in [0, 0.05) is 38.1 Å². The van der Waals surface area contributed by atoms with Gasteiger partial charge in [0.25, 0.3) is 5.56 Å². The molecule has 27 heavy (non-hydrogen) atoms. The number of ether oxygens (including phenoxy) is 4. The molecule has 9 heteroatoms. The standard InChI is InChI=1S/C18H28N2O7/c1-12-9-20(17(23)19-16(12)22)15-8-13(21)14(27-15)10-25-11-26-18(24-2)6-4-3-5-7-18/h9,13-15,21H,3-8,10-11H2,1-2H3,(H,19,22,23)/t13-,14-,15-/m1/s1. The number of aliphatic hydroxyl groups excluding tert-OH is 1. The van der Waals surface area contributed by atoms with Gasteiger partial charge in [0.05, 0.1) is 12.7 Å². The third-order valence-corrected chi connectivity index (χ3v) is 5.34. The zero-order chi connectivity index (χ0) is 19.4. The molecule has 152 valence electrons. The Morgan fingerprint density at radius 2 is 2.07 bits per heavy atom. The van der Waals surface area contributed by atoms with Gasteiger partial charge in [-0.15, -0.1) is 0 Å². The Bertz CT molecular complexity index is 738. The van der Waals surface area contributed by atoms with Gasteiger partial charge in [0.2, 0.25) is 0 Å². The Hall–Kier alpha value is -1.52. The van der Waals surface area contributed by atoms with Gasteiger partial charge in [-0.1, -0.05) is 6.42 Å². The van der Waals surface area contributed by atoms with Crippen molar-refractivity contribution in [2.24, 2.45) is 0 Å². The minimum atomic E-state index is -0.778. The average Bonchev–Trinajstić information content (AvgIpc) is 3.03. The van der Waals surface area contributed by atoms with Crippen molar-refractivity contribution in [1.29, 1.82) is 0 Å². The lowest BCUT2D eigenvalue weighted by Gasteiger charge is -2.35. The quantitative estimate of drug-likeness (QED) is 0.528. The molecule has 1 aromatic rings. The number of rotatable bonds is 7. The smallest absolute Gasteiger partial charge is 0.330 e. The molecule has 2 N–H and O–H groups in total. The first kappa shape index (κ1) is 20.2. The molecule has 2 heterocycles. The lowest BCUT2D eigenvalue weighted by atomic mass is 9.94. The van der Waals surface area contributed by atoms with Crippen LogP contribution in [-0.2, 0) is 18.9 Å². The second-order valence-electron chi connectivity index (χ2n) is 7.22. The molecule has 3 atom stereocenters. The monoisotopic (exact) mass is 384 g/mol. The number of methoxy groups -OCH3 is 1. The maximum atomic E-state index is 12.0. The third-order valence-electron chi connectivity index (χ3n) is 5.34. The van der Waals surface area contributed by atoms with Gasteiger partial charge in [0.15, 0.2) is 5.79 Å². The summed E-state index contributed by atoms with van der Waals surface area (Å²) in [7, 11) is 1.64. The van der Waals surface area contributed by atoms with Crippen LogP contribution in [-0.4, -0.2) is 53.2 Å². The van der Waals surface area contributed by atoms with E-state index in [0.29, 0.717) is 5.56 Å². The molecule has 9 nitrogen and oxygen atoms in total. The minimum absolute atomic E-state index is 0.0444. The van der Waals surface area contributed by atoms with E-state index in [4.69, 9.17) is 18.9 Å². The Balaban J connectivity index is 1.51. The summed E-state index contributed by atoms with van der Waals surface area (Å²) in [6.45, 7) is 1.78. The third kappa shape index (κ3) is 4.67. The molecular weight excluding hydrogens is 356 g/mol. The Kier molecular flexibility index (Phi) is 6.48. The van der Waals surface area contributed by atoms with Gasteiger partial charge in [-0.05, 0) is 19.8 Å². The van der Waals surface area contributed by atoms with Gasteiger partial charge in [-0.3, -0.25) is 14.3 Å². The highest BCUT2D eigenvalue weighted by Crippen LogP contribution is 2.32. The van der Waals surface area contributed by atoms with Crippen molar-refractivity contribution >= 4 is 0 Å². The number of aromatic amines is 1. The van der Waals surface area contributed by atoms with E-state index in [1.165, 1.54) is 17.2 Å². The van der Waals surface area contributed by atoms with Gasteiger partial charge in [-0.25, -0.2) is 4.79 Å². The summed E-state index contributed by atoms with van der Waals surface area (Å²) in [6, 6.07) is 0. The number of nitrogens with one attached hydrogen (secondary N) is 1. The summed E-state index contributed by atoms with van der Waals surface area (Å²) in [4.78, 5) is 25.7. The van der Waals surface area contributed by atoms with Crippen LogP contribution in [0.2, 0.25) is 0 Å². The van der Waals surface area contributed by atoms with E-state index in [9.17, 15) is 14.7 Å². The van der Waals surface area contributed by atoms with E-state index >= 15 is 0 Å². The van der Waals surface area contributed by atoms with Gasteiger partial charge >= 0.3 is 5.69 Å². The maximum Gasteiger partial charge on any atom is 0.330 e. The topological polar surface area (TPSA) is 112 Å². The molecule has 1 saturated carbocycles. The fourth-order valence-corrected chi connectivity index (χ4v) is 3.65. The highest BCUT2D eigenvalue weighted by atomic mass is 16.8.